The SMILES string of the molecule is C/C(=N/NC(=O)c1cccc(O)c1)c1cc(C)sc1C. The number of aromatic hydroxyl groups is 1. The van der Waals surface area contributed by atoms with Crippen LogP contribution in [-0.4, -0.2) is 16.7 Å². The third kappa shape index (κ3) is 3.24. The van der Waals surface area contributed by atoms with Gasteiger partial charge in [-0.3, -0.25) is 4.79 Å². The van der Waals surface area contributed by atoms with Crippen LogP contribution in [0.15, 0.2) is 35.4 Å². The highest BCUT2D eigenvalue weighted by Gasteiger charge is 2.08. The minimum Gasteiger partial charge on any atom is -0.508 e. The summed E-state index contributed by atoms with van der Waals surface area (Å²) in [7, 11) is 0. The summed E-state index contributed by atoms with van der Waals surface area (Å²) in [5.74, 6) is -0.285. The van der Waals surface area contributed by atoms with Gasteiger partial charge in [0.1, 0.15) is 5.75 Å². The first kappa shape index (κ1) is 14.3. The van der Waals surface area contributed by atoms with Crippen molar-refractivity contribution in [1.82, 2.24) is 5.43 Å². The van der Waals surface area contributed by atoms with Gasteiger partial charge in [-0.15, -0.1) is 11.3 Å². The first-order valence-electron chi connectivity index (χ1n) is 6.18. The molecule has 0 aliphatic heterocycles. The highest BCUT2D eigenvalue weighted by atomic mass is 32.1. The fourth-order valence-corrected chi connectivity index (χ4v) is 2.87. The number of hydrogen-bond acceptors (Lipinski definition) is 4. The molecule has 0 aliphatic carbocycles. The highest BCUT2D eigenvalue weighted by molar-refractivity contribution is 7.12. The number of carbonyl (C=O) groups excluding carboxylic acids is 1. The molecule has 0 spiro atoms. The van der Waals surface area contributed by atoms with Gasteiger partial charge in [-0.1, -0.05) is 6.07 Å². The molecule has 2 rings (SSSR count). The van der Waals surface area contributed by atoms with Crippen LogP contribution in [0.25, 0.3) is 0 Å². The lowest BCUT2D eigenvalue weighted by Gasteiger charge is -2.03. The lowest BCUT2D eigenvalue weighted by Crippen LogP contribution is -2.19. The summed E-state index contributed by atoms with van der Waals surface area (Å²) in [6.45, 7) is 5.93. The maximum absolute atomic E-state index is 11.9. The summed E-state index contributed by atoms with van der Waals surface area (Å²) in [4.78, 5) is 14.3. The fraction of sp³-hybridized carbons (Fsp3) is 0.200. The summed E-state index contributed by atoms with van der Waals surface area (Å²) in [6, 6.07) is 8.22. The van der Waals surface area contributed by atoms with E-state index in [1.54, 1.807) is 23.5 Å². The van der Waals surface area contributed by atoms with Gasteiger partial charge in [0.25, 0.3) is 5.91 Å². The molecule has 0 aliphatic rings. The highest BCUT2D eigenvalue weighted by Crippen LogP contribution is 2.21. The van der Waals surface area contributed by atoms with Crippen molar-refractivity contribution in [2.75, 3.05) is 0 Å². The first-order valence-corrected chi connectivity index (χ1v) is 7.00. The Balaban J connectivity index is 2.13. The van der Waals surface area contributed by atoms with Crippen molar-refractivity contribution >= 4 is 23.0 Å². The van der Waals surface area contributed by atoms with Crippen LogP contribution in [-0.2, 0) is 0 Å². The lowest BCUT2D eigenvalue weighted by molar-refractivity contribution is 0.0954. The number of thiophene rings is 1. The van der Waals surface area contributed by atoms with Crippen molar-refractivity contribution in [1.29, 1.82) is 0 Å². The standard InChI is InChI=1S/C15H16N2O2S/c1-9-7-14(11(3)20-9)10(2)16-17-15(19)12-5-4-6-13(18)8-12/h4-8,18H,1-3H3,(H,17,19)/b16-10-. The summed E-state index contributed by atoms with van der Waals surface area (Å²) in [5.41, 5.74) is 4.69. The molecule has 0 bridgehead atoms. The zero-order chi connectivity index (χ0) is 14.7. The van der Waals surface area contributed by atoms with Gasteiger partial charge in [0.05, 0.1) is 5.71 Å². The summed E-state index contributed by atoms with van der Waals surface area (Å²) in [6.07, 6.45) is 0. The van der Waals surface area contributed by atoms with Crippen LogP contribution in [0, 0.1) is 13.8 Å². The number of rotatable bonds is 3. The van der Waals surface area contributed by atoms with Crippen LogP contribution in [0.5, 0.6) is 5.75 Å². The number of nitrogens with zero attached hydrogens (tertiary/aromatic N) is 1. The van der Waals surface area contributed by atoms with Crippen molar-refractivity contribution < 1.29 is 9.90 Å². The first-order chi connectivity index (χ1) is 9.47. The van der Waals surface area contributed by atoms with Crippen LogP contribution >= 0.6 is 11.3 Å². The molecule has 20 heavy (non-hydrogen) atoms. The van der Waals surface area contributed by atoms with Gasteiger partial charge in [-0.2, -0.15) is 5.10 Å². The number of hydrogen-bond donors (Lipinski definition) is 2. The summed E-state index contributed by atoms with van der Waals surface area (Å²) < 4.78 is 0. The smallest absolute Gasteiger partial charge is 0.271 e. The van der Waals surface area contributed by atoms with Crippen LogP contribution in [0.3, 0.4) is 0 Å². The van der Waals surface area contributed by atoms with E-state index in [2.05, 4.69) is 16.6 Å². The minimum absolute atomic E-state index is 0.0580. The van der Waals surface area contributed by atoms with E-state index in [9.17, 15) is 9.90 Å². The Kier molecular flexibility index (Phi) is 4.20. The topological polar surface area (TPSA) is 61.7 Å². The van der Waals surface area contributed by atoms with E-state index in [4.69, 9.17) is 0 Å². The minimum atomic E-state index is -0.343. The quantitative estimate of drug-likeness (QED) is 0.673. The average molecular weight is 288 g/mol. The van der Waals surface area contributed by atoms with Gasteiger partial charge in [0, 0.05) is 20.9 Å². The molecule has 2 N–H and O–H groups in total. The van der Waals surface area contributed by atoms with Gasteiger partial charge >= 0.3 is 0 Å². The third-order valence-corrected chi connectivity index (χ3v) is 3.83. The Labute approximate surface area is 121 Å². The van der Waals surface area contributed by atoms with E-state index >= 15 is 0 Å². The summed E-state index contributed by atoms with van der Waals surface area (Å²) in [5, 5.41) is 13.5. The molecule has 0 saturated carbocycles. The number of hydrazone groups is 1. The molecule has 5 heteroatoms. The van der Waals surface area contributed by atoms with E-state index in [0.717, 1.165) is 11.3 Å². The van der Waals surface area contributed by atoms with Crippen LogP contribution in [0.4, 0.5) is 0 Å². The van der Waals surface area contributed by atoms with Gasteiger partial charge in [-0.05, 0) is 45.0 Å². The maximum Gasteiger partial charge on any atom is 0.271 e. The molecule has 2 aromatic rings. The molecule has 1 amide bonds. The Bertz CT molecular complexity index is 674. The molecule has 0 radical (unpaired) electrons. The maximum atomic E-state index is 11.9. The third-order valence-electron chi connectivity index (χ3n) is 2.86. The predicted octanol–water partition coefficient (Wildman–Crippen LogP) is 3.22. The van der Waals surface area contributed by atoms with Gasteiger partial charge < -0.3 is 5.11 Å². The van der Waals surface area contributed by atoms with Crippen molar-refractivity contribution in [2.24, 2.45) is 5.10 Å². The molecule has 4 nitrogen and oxygen atoms in total. The molecule has 0 atom stereocenters. The Morgan fingerprint density at radius 2 is 2.05 bits per heavy atom. The second-order valence-electron chi connectivity index (χ2n) is 4.52. The van der Waals surface area contributed by atoms with E-state index in [-0.39, 0.29) is 11.7 Å². The second kappa shape index (κ2) is 5.88. The number of carbonyl (C=O) groups is 1. The van der Waals surface area contributed by atoms with E-state index in [0.29, 0.717) is 5.56 Å². The molecule has 0 saturated heterocycles. The lowest BCUT2D eigenvalue weighted by atomic mass is 10.2. The van der Waals surface area contributed by atoms with Gasteiger partial charge in [0.2, 0.25) is 0 Å². The number of nitrogens with one attached hydrogen (secondary N) is 1. The van der Waals surface area contributed by atoms with E-state index < -0.39 is 0 Å². The Morgan fingerprint density at radius 1 is 1.30 bits per heavy atom. The van der Waals surface area contributed by atoms with E-state index in [1.807, 2.05) is 20.8 Å². The zero-order valence-electron chi connectivity index (χ0n) is 11.6. The monoisotopic (exact) mass is 288 g/mol. The molecule has 0 fully saturated rings. The predicted molar refractivity (Wildman–Crippen MR) is 81.6 cm³/mol. The van der Waals surface area contributed by atoms with E-state index in [1.165, 1.54) is 21.9 Å². The normalized spacial score (nSPS) is 11.4. The van der Waals surface area contributed by atoms with Crippen molar-refractivity contribution in [3.8, 4) is 5.75 Å². The molecule has 0 unspecified atom stereocenters. The van der Waals surface area contributed by atoms with Crippen LogP contribution in [0.1, 0.15) is 32.6 Å². The van der Waals surface area contributed by atoms with Gasteiger partial charge in [-0.25, -0.2) is 5.43 Å². The zero-order valence-corrected chi connectivity index (χ0v) is 12.4. The Hall–Kier alpha value is -2.14. The van der Waals surface area contributed by atoms with Crippen molar-refractivity contribution in [3.05, 3.63) is 51.2 Å². The average Bonchev–Trinajstić information content (AvgIpc) is 2.74. The van der Waals surface area contributed by atoms with Crippen LogP contribution < -0.4 is 5.43 Å². The number of phenols is 1. The molecule has 1 heterocycles. The number of phenolic OH excluding ortho intramolecular Hbond substituents is 1. The summed E-state index contributed by atoms with van der Waals surface area (Å²) >= 11 is 1.70. The molecular weight excluding hydrogens is 272 g/mol. The molecule has 104 valence electrons. The second-order valence-corrected chi connectivity index (χ2v) is 5.98. The van der Waals surface area contributed by atoms with Crippen LogP contribution in [0.2, 0.25) is 0 Å². The molecule has 1 aromatic heterocycles. The number of aryl methyl sites for hydroxylation is 2. The Morgan fingerprint density at radius 3 is 2.65 bits per heavy atom. The fourth-order valence-electron chi connectivity index (χ4n) is 1.90. The number of amides is 1. The van der Waals surface area contributed by atoms with Crippen molar-refractivity contribution in [3.63, 3.8) is 0 Å². The van der Waals surface area contributed by atoms with Crippen molar-refractivity contribution in [2.45, 2.75) is 20.8 Å². The molecule has 1 aromatic carbocycles. The van der Waals surface area contributed by atoms with Gasteiger partial charge in [0.15, 0.2) is 0 Å². The number of benzene rings is 1. The largest absolute Gasteiger partial charge is 0.508 e. The molecular formula is C15H16N2O2S.